The number of aliphatic carboxylic acids is 1. The van der Waals surface area contributed by atoms with Crippen LogP contribution in [0.5, 0.6) is 0 Å². The number of carboxylic acids is 1. The highest BCUT2D eigenvalue weighted by atomic mass is 32.2. The molecule has 0 aromatic rings. The van der Waals surface area contributed by atoms with Crippen LogP contribution in [-0.2, 0) is 9.59 Å². The molecule has 6 heteroatoms. The van der Waals surface area contributed by atoms with Crippen LogP contribution in [0.3, 0.4) is 0 Å². The molecule has 0 spiro atoms. The Hall–Kier alpha value is -0.750. The fourth-order valence-electron chi connectivity index (χ4n) is 2.09. The fraction of sp³-hybridized carbons (Fsp3) is 0.833. The van der Waals surface area contributed by atoms with Crippen molar-refractivity contribution in [1.29, 1.82) is 0 Å². The molecule has 0 aromatic carbocycles. The number of carbonyl (C=O) groups excluding carboxylic acids is 1. The Bertz CT molecular complexity index is 310. The number of nitrogens with one attached hydrogen (secondary N) is 1. The van der Waals surface area contributed by atoms with Crippen molar-refractivity contribution in [2.45, 2.75) is 38.1 Å². The Balaban J connectivity index is 2.70. The molecule has 0 bridgehead atoms. The van der Waals surface area contributed by atoms with Gasteiger partial charge in [0.15, 0.2) is 0 Å². The molecule has 1 aliphatic heterocycles. The van der Waals surface area contributed by atoms with Gasteiger partial charge in [0.05, 0.1) is 5.37 Å². The standard InChI is InChI=1S/C12H22N2O3S/c1-8(2)11-14(9(7-18-11)12(16)17)10(15)5-4-6-13-3/h8-9,11,13H,4-7H2,1-3H3,(H,16,17). The molecule has 1 rings (SSSR count). The van der Waals surface area contributed by atoms with Gasteiger partial charge in [0.2, 0.25) is 5.91 Å². The first-order valence-corrected chi connectivity index (χ1v) is 7.34. The molecule has 0 aliphatic carbocycles. The maximum absolute atomic E-state index is 12.2. The molecule has 1 aliphatic rings. The van der Waals surface area contributed by atoms with E-state index in [1.54, 1.807) is 16.7 Å². The molecule has 1 fully saturated rings. The average Bonchev–Trinajstić information content (AvgIpc) is 2.73. The molecule has 1 heterocycles. The lowest BCUT2D eigenvalue weighted by Gasteiger charge is -2.29. The van der Waals surface area contributed by atoms with Gasteiger partial charge in [-0.05, 0) is 25.9 Å². The van der Waals surface area contributed by atoms with Gasteiger partial charge < -0.3 is 15.3 Å². The predicted octanol–water partition coefficient (Wildman–Crippen LogP) is 0.997. The summed E-state index contributed by atoms with van der Waals surface area (Å²) < 4.78 is 0. The lowest BCUT2D eigenvalue weighted by atomic mass is 10.1. The summed E-state index contributed by atoms with van der Waals surface area (Å²) in [6.07, 6.45) is 1.15. The highest BCUT2D eigenvalue weighted by Gasteiger charge is 2.42. The van der Waals surface area contributed by atoms with Gasteiger partial charge in [-0.25, -0.2) is 4.79 Å². The van der Waals surface area contributed by atoms with Gasteiger partial charge in [-0.1, -0.05) is 13.8 Å². The Morgan fingerprint density at radius 2 is 2.17 bits per heavy atom. The first kappa shape index (κ1) is 15.3. The molecule has 1 saturated heterocycles. The van der Waals surface area contributed by atoms with E-state index in [0.717, 1.165) is 13.0 Å². The summed E-state index contributed by atoms with van der Waals surface area (Å²) in [7, 11) is 1.84. The lowest BCUT2D eigenvalue weighted by molar-refractivity contribution is -0.149. The number of carbonyl (C=O) groups is 2. The molecule has 0 aromatic heterocycles. The van der Waals surface area contributed by atoms with Crippen molar-refractivity contribution in [1.82, 2.24) is 10.2 Å². The van der Waals surface area contributed by atoms with Crippen molar-refractivity contribution in [3.05, 3.63) is 0 Å². The van der Waals surface area contributed by atoms with Crippen molar-refractivity contribution in [3.8, 4) is 0 Å². The highest BCUT2D eigenvalue weighted by molar-refractivity contribution is 8.00. The second-order valence-electron chi connectivity index (χ2n) is 4.83. The summed E-state index contributed by atoms with van der Waals surface area (Å²) in [5, 5.41) is 12.2. The van der Waals surface area contributed by atoms with Crippen LogP contribution >= 0.6 is 11.8 Å². The molecule has 2 unspecified atom stereocenters. The fourth-order valence-corrected chi connectivity index (χ4v) is 3.59. The number of hydrogen-bond donors (Lipinski definition) is 2. The Kier molecular flexibility index (Phi) is 5.95. The Morgan fingerprint density at radius 1 is 1.50 bits per heavy atom. The van der Waals surface area contributed by atoms with E-state index in [-0.39, 0.29) is 17.2 Å². The molecule has 1 amide bonds. The third-order valence-electron chi connectivity index (χ3n) is 3.00. The predicted molar refractivity (Wildman–Crippen MR) is 72.5 cm³/mol. The maximum atomic E-state index is 12.2. The zero-order valence-corrected chi connectivity index (χ0v) is 12.0. The number of amides is 1. The molecular weight excluding hydrogens is 252 g/mol. The summed E-state index contributed by atoms with van der Waals surface area (Å²) in [6, 6.07) is -0.663. The molecule has 104 valence electrons. The normalized spacial score (nSPS) is 23.7. The second kappa shape index (κ2) is 6.99. The topological polar surface area (TPSA) is 69.6 Å². The molecule has 0 saturated carbocycles. The number of rotatable bonds is 6. The van der Waals surface area contributed by atoms with Crippen molar-refractivity contribution in [2.75, 3.05) is 19.3 Å². The molecule has 5 nitrogen and oxygen atoms in total. The molecule has 2 N–H and O–H groups in total. The van der Waals surface area contributed by atoms with E-state index in [9.17, 15) is 14.7 Å². The Morgan fingerprint density at radius 3 is 2.67 bits per heavy atom. The van der Waals surface area contributed by atoms with E-state index in [1.807, 2.05) is 20.9 Å². The van der Waals surface area contributed by atoms with E-state index in [2.05, 4.69) is 5.32 Å². The van der Waals surface area contributed by atoms with Gasteiger partial charge >= 0.3 is 5.97 Å². The highest BCUT2D eigenvalue weighted by Crippen LogP contribution is 2.34. The van der Waals surface area contributed by atoms with Crippen LogP contribution in [0.4, 0.5) is 0 Å². The SMILES string of the molecule is CNCCCC(=O)N1C(C(=O)O)CSC1C(C)C. The number of carboxylic acid groups (broad SMARTS) is 1. The first-order valence-electron chi connectivity index (χ1n) is 6.29. The average molecular weight is 274 g/mol. The van der Waals surface area contributed by atoms with Gasteiger partial charge in [-0.15, -0.1) is 11.8 Å². The van der Waals surface area contributed by atoms with E-state index in [0.29, 0.717) is 12.2 Å². The number of hydrogen-bond acceptors (Lipinski definition) is 4. The van der Waals surface area contributed by atoms with Crippen LogP contribution in [0, 0.1) is 5.92 Å². The monoisotopic (exact) mass is 274 g/mol. The van der Waals surface area contributed by atoms with Gasteiger partial charge in [0, 0.05) is 12.2 Å². The van der Waals surface area contributed by atoms with Crippen LogP contribution in [0.15, 0.2) is 0 Å². The summed E-state index contributed by atoms with van der Waals surface area (Å²) >= 11 is 1.57. The summed E-state index contributed by atoms with van der Waals surface area (Å²) in [6.45, 7) is 4.82. The van der Waals surface area contributed by atoms with Crippen molar-refractivity contribution in [2.24, 2.45) is 5.92 Å². The summed E-state index contributed by atoms with van der Waals surface area (Å²) in [5.41, 5.74) is 0. The summed E-state index contributed by atoms with van der Waals surface area (Å²) in [4.78, 5) is 24.9. The third kappa shape index (κ3) is 3.62. The molecule has 0 radical (unpaired) electrons. The van der Waals surface area contributed by atoms with E-state index in [4.69, 9.17) is 0 Å². The minimum absolute atomic E-state index is 0.00631. The van der Waals surface area contributed by atoms with E-state index in [1.165, 1.54) is 0 Å². The van der Waals surface area contributed by atoms with Crippen molar-refractivity contribution in [3.63, 3.8) is 0 Å². The van der Waals surface area contributed by atoms with Crippen LogP contribution in [0.1, 0.15) is 26.7 Å². The van der Waals surface area contributed by atoms with Gasteiger partial charge in [-0.2, -0.15) is 0 Å². The van der Waals surface area contributed by atoms with Crippen LogP contribution in [0.25, 0.3) is 0 Å². The van der Waals surface area contributed by atoms with Crippen LogP contribution in [0.2, 0.25) is 0 Å². The van der Waals surface area contributed by atoms with E-state index < -0.39 is 12.0 Å². The van der Waals surface area contributed by atoms with Gasteiger partial charge in [0.25, 0.3) is 0 Å². The minimum Gasteiger partial charge on any atom is -0.480 e. The van der Waals surface area contributed by atoms with E-state index >= 15 is 0 Å². The third-order valence-corrected chi connectivity index (χ3v) is 4.62. The minimum atomic E-state index is -0.896. The summed E-state index contributed by atoms with van der Waals surface area (Å²) in [5.74, 6) is -0.169. The van der Waals surface area contributed by atoms with Crippen LogP contribution < -0.4 is 5.32 Å². The number of thioether (sulfide) groups is 1. The first-order chi connectivity index (χ1) is 8.49. The van der Waals surface area contributed by atoms with Gasteiger partial charge in [0.1, 0.15) is 6.04 Å². The Labute approximate surface area is 112 Å². The quantitative estimate of drug-likeness (QED) is 0.707. The van der Waals surface area contributed by atoms with Crippen molar-refractivity contribution >= 4 is 23.6 Å². The van der Waals surface area contributed by atoms with Crippen LogP contribution in [-0.4, -0.2) is 52.6 Å². The smallest absolute Gasteiger partial charge is 0.327 e. The second-order valence-corrected chi connectivity index (χ2v) is 5.98. The molecule has 2 atom stereocenters. The maximum Gasteiger partial charge on any atom is 0.327 e. The van der Waals surface area contributed by atoms with Gasteiger partial charge in [-0.3, -0.25) is 4.79 Å². The zero-order chi connectivity index (χ0) is 13.7. The number of nitrogens with zero attached hydrogens (tertiary/aromatic N) is 1. The zero-order valence-electron chi connectivity index (χ0n) is 11.2. The van der Waals surface area contributed by atoms with Crippen molar-refractivity contribution < 1.29 is 14.7 Å². The largest absolute Gasteiger partial charge is 0.480 e. The molecule has 18 heavy (non-hydrogen) atoms. The molecular formula is C12H22N2O3S. The lowest BCUT2D eigenvalue weighted by Crippen LogP contribution is -2.47.